The van der Waals surface area contributed by atoms with Crippen LogP contribution in [-0.4, -0.2) is 65.0 Å². The van der Waals surface area contributed by atoms with Crippen LogP contribution in [0.4, 0.5) is 0 Å². The third kappa shape index (κ3) is 9.20. The zero-order valence-electron chi connectivity index (χ0n) is 16.8. The zero-order chi connectivity index (χ0) is 19.3. The van der Waals surface area contributed by atoms with Crippen LogP contribution in [0.3, 0.4) is 0 Å². The molecule has 7 nitrogen and oxygen atoms in total. The molecule has 0 bridgehead atoms. The van der Waals surface area contributed by atoms with E-state index in [1.54, 1.807) is 14.1 Å². The highest BCUT2D eigenvalue weighted by atomic mass is 127. The summed E-state index contributed by atoms with van der Waals surface area (Å²) in [5.41, 5.74) is 1.80. The fraction of sp³-hybridized carbons (Fsp3) is 0.600. The van der Waals surface area contributed by atoms with Gasteiger partial charge in [0.25, 0.3) is 5.91 Å². The predicted molar refractivity (Wildman–Crippen MR) is 123 cm³/mol. The van der Waals surface area contributed by atoms with Gasteiger partial charge in [0.1, 0.15) is 0 Å². The average molecular weight is 504 g/mol. The summed E-state index contributed by atoms with van der Waals surface area (Å²) in [6.07, 6.45) is 4.10. The number of aliphatic imine (C=N–C) groups is 1. The maximum absolute atomic E-state index is 11.7. The van der Waals surface area contributed by atoms with Crippen LogP contribution in [0.15, 0.2) is 29.3 Å². The van der Waals surface area contributed by atoms with Crippen molar-refractivity contribution in [3.63, 3.8) is 0 Å². The third-order valence-corrected chi connectivity index (χ3v) is 4.48. The number of carbonyl (C=O) groups is 1. The molecule has 0 unspecified atom stereocenters. The van der Waals surface area contributed by atoms with Gasteiger partial charge in [0.15, 0.2) is 5.96 Å². The summed E-state index contributed by atoms with van der Waals surface area (Å²) < 4.78 is 11.2. The summed E-state index contributed by atoms with van der Waals surface area (Å²) >= 11 is 0. The quantitative estimate of drug-likeness (QED) is 0.207. The fourth-order valence-corrected chi connectivity index (χ4v) is 2.93. The minimum atomic E-state index is -0.0646. The van der Waals surface area contributed by atoms with Crippen LogP contribution in [0.5, 0.6) is 0 Å². The molecule has 158 valence electrons. The smallest absolute Gasteiger partial charge is 0.251 e. The second-order valence-corrected chi connectivity index (χ2v) is 6.49. The van der Waals surface area contributed by atoms with Gasteiger partial charge in [0.2, 0.25) is 0 Å². The molecule has 0 radical (unpaired) electrons. The van der Waals surface area contributed by atoms with Crippen molar-refractivity contribution in [2.45, 2.75) is 31.8 Å². The van der Waals surface area contributed by atoms with E-state index in [-0.39, 0.29) is 29.9 Å². The number of nitrogens with one attached hydrogen (secondary N) is 3. The van der Waals surface area contributed by atoms with Crippen molar-refractivity contribution in [2.24, 2.45) is 4.99 Å². The first kappa shape index (κ1) is 24.6. The van der Waals surface area contributed by atoms with E-state index in [1.807, 2.05) is 24.3 Å². The largest absolute Gasteiger partial charge is 0.381 e. The molecular weight excluding hydrogens is 471 g/mol. The minimum Gasteiger partial charge on any atom is -0.381 e. The van der Waals surface area contributed by atoms with Crippen LogP contribution in [0, 0.1) is 0 Å². The van der Waals surface area contributed by atoms with Gasteiger partial charge in [0, 0.05) is 52.6 Å². The van der Waals surface area contributed by atoms with Gasteiger partial charge in [0.05, 0.1) is 6.10 Å². The van der Waals surface area contributed by atoms with Crippen molar-refractivity contribution < 1.29 is 14.3 Å². The van der Waals surface area contributed by atoms with Crippen molar-refractivity contribution in [1.29, 1.82) is 0 Å². The zero-order valence-corrected chi connectivity index (χ0v) is 19.2. The lowest BCUT2D eigenvalue weighted by atomic mass is 10.1. The highest BCUT2D eigenvalue weighted by Crippen LogP contribution is 2.10. The molecule has 1 heterocycles. The van der Waals surface area contributed by atoms with Crippen LogP contribution in [0.1, 0.15) is 35.2 Å². The van der Waals surface area contributed by atoms with Gasteiger partial charge in [-0.25, -0.2) is 0 Å². The number of amides is 1. The predicted octanol–water partition coefficient (Wildman–Crippen LogP) is 1.96. The van der Waals surface area contributed by atoms with Crippen molar-refractivity contribution in [1.82, 2.24) is 16.0 Å². The van der Waals surface area contributed by atoms with Crippen LogP contribution in [0.2, 0.25) is 0 Å². The van der Waals surface area contributed by atoms with E-state index in [0.29, 0.717) is 11.7 Å². The lowest BCUT2D eigenvalue weighted by Crippen LogP contribution is -2.39. The van der Waals surface area contributed by atoms with Crippen molar-refractivity contribution in [3.8, 4) is 0 Å². The first-order chi connectivity index (χ1) is 13.2. The van der Waals surface area contributed by atoms with Gasteiger partial charge in [-0.1, -0.05) is 12.1 Å². The molecule has 1 amide bonds. The molecule has 1 saturated heterocycles. The molecule has 1 aromatic rings. The summed E-state index contributed by atoms with van der Waals surface area (Å²) in [4.78, 5) is 15.9. The van der Waals surface area contributed by atoms with Crippen molar-refractivity contribution in [3.05, 3.63) is 35.4 Å². The van der Waals surface area contributed by atoms with E-state index in [4.69, 9.17) is 9.47 Å². The second-order valence-electron chi connectivity index (χ2n) is 6.49. The molecule has 1 aliphatic rings. The Hall–Kier alpha value is -1.39. The molecule has 0 atom stereocenters. The molecule has 0 saturated carbocycles. The second kappa shape index (κ2) is 14.6. The molecular formula is C20H33IN4O3. The van der Waals surface area contributed by atoms with E-state index < -0.39 is 0 Å². The first-order valence-electron chi connectivity index (χ1n) is 9.68. The number of ether oxygens (including phenoxy) is 2. The Kier molecular flexibility index (Phi) is 12.8. The normalized spacial score (nSPS) is 14.9. The maximum Gasteiger partial charge on any atom is 0.251 e. The molecule has 3 N–H and O–H groups in total. The summed E-state index contributed by atoms with van der Waals surface area (Å²) in [6.45, 7) is 3.93. The van der Waals surface area contributed by atoms with Gasteiger partial charge in [-0.2, -0.15) is 0 Å². The van der Waals surface area contributed by atoms with E-state index >= 15 is 0 Å². The lowest BCUT2D eigenvalue weighted by Gasteiger charge is -2.22. The van der Waals surface area contributed by atoms with Crippen molar-refractivity contribution in [2.75, 3.05) is 47.0 Å². The Labute approximate surface area is 185 Å². The van der Waals surface area contributed by atoms with Crippen LogP contribution >= 0.6 is 24.0 Å². The number of hydrogen-bond acceptors (Lipinski definition) is 4. The Bertz CT molecular complexity index is 607. The molecule has 1 fully saturated rings. The van der Waals surface area contributed by atoms with Gasteiger partial charge in [-0.05, 0) is 43.4 Å². The fourth-order valence-electron chi connectivity index (χ4n) is 2.93. The van der Waals surface area contributed by atoms with E-state index in [9.17, 15) is 4.79 Å². The SMILES string of the molecule is CN=C(NCCCOC1CCOCC1)NCCc1cccc(C(=O)NC)c1.I. The molecule has 0 spiro atoms. The molecule has 1 aromatic carbocycles. The number of guanidine groups is 1. The summed E-state index contributed by atoms with van der Waals surface area (Å²) in [5, 5.41) is 9.25. The topological polar surface area (TPSA) is 84.0 Å². The van der Waals surface area contributed by atoms with Crippen LogP contribution in [0.25, 0.3) is 0 Å². The molecule has 0 aromatic heterocycles. The van der Waals surface area contributed by atoms with Crippen molar-refractivity contribution >= 4 is 35.8 Å². The maximum atomic E-state index is 11.7. The van der Waals surface area contributed by atoms with E-state index in [1.165, 1.54) is 0 Å². The lowest BCUT2D eigenvalue weighted by molar-refractivity contribution is -0.0320. The average Bonchev–Trinajstić information content (AvgIpc) is 2.72. The van der Waals surface area contributed by atoms with E-state index in [2.05, 4.69) is 20.9 Å². The van der Waals surface area contributed by atoms with Gasteiger partial charge in [-0.15, -0.1) is 24.0 Å². The molecule has 8 heteroatoms. The number of carbonyl (C=O) groups excluding carboxylic acids is 1. The highest BCUT2D eigenvalue weighted by molar-refractivity contribution is 14.0. The highest BCUT2D eigenvalue weighted by Gasteiger charge is 2.13. The number of nitrogens with zero attached hydrogens (tertiary/aromatic N) is 1. The van der Waals surface area contributed by atoms with Crippen LogP contribution < -0.4 is 16.0 Å². The Morgan fingerprint density at radius 3 is 2.71 bits per heavy atom. The standard InChI is InChI=1S/C20H32N4O3.HI/c1-21-19(25)17-6-3-5-16(15-17)7-11-24-20(22-2)23-10-4-12-27-18-8-13-26-14-9-18;/h3,5-6,15,18H,4,7-14H2,1-2H3,(H,21,25)(H2,22,23,24);1H. The summed E-state index contributed by atoms with van der Waals surface area (Å²) in [5.74, 6) is 0.716. The number of rotatable bonds is 9. The molecule has 0 aliphatic carbocycles. The van der Waals surface area contributed by atoms with Crippen LogP contribution in [-0.2, 0) is 15.9 Å². The molecule has 28 heavy (non-hydrogen) atoms. The van der Waals surface area contributed by atoms with Gasteiger partial charge >= 0.3 is 0 Å². The number of benzene rings is 1. The summed E-state index contributed by atoms with van der Waals surface area (Å²) in [6, 6.07) is 7.67. The van der Waals surface area contributed by atoms with Gasteiger partial charge < -0.3 is 25.4 Å². The summed E-state index contributed by atoms with van der Waals surface area (Å²) in [7, 11) is 3.40. The Balaban J connectivity index is 0.00000392. The molecule has 2 rings (SSSR count). The Morgan fingerprint density at radius 2 is 2.00 bits per heavy atom. The van der Waals surface area contributed by atoms with Gasteiger partial charge in [-0.3, -0.25) is 9.79 Å². The Morgan fingerprint density at radius 1 is 1.25 bits per heavy atom. The molecule has 1 aliphatic heterocycles. The third-order valence-electron chi connectivity index (χ3n) is 4.48. The number of hydrogen-bond donors (Lipinski definition) is 3. The van der Waals surface area contributed by atoms with E-state index in [0.717, 1.165) is 70.1 Å². The monoisotopic (exact) mass is 504 g/mol. The number of halogens is 1. The minimum absolute atomic E-state index is 0. The first-order valence-corrected chi connectivity index (χ1v) is 9.68.